The molecule has 3 rings (SSSR count). The summed E-state index contributed by atoms with van der Waals surface area (Å²) < 4.78 is 5.59. The first kappa shape index (κ1) is 11.2. The summed E-state index contributed by atoms with van der Waals surface area (Å²) in [6.45, 7) is 0.910. The van der Waals surface area contributed by atoms with Crippen molar-refractivity contribution >= 4 is 0 Å². The molecule has 17 heavy (non-hydrogen) atoms. The Hall–Kier alpha value is -0.860. The lowest BCUT2D eigenvalue weighted by atomic mass is 9.73. The highest BCUT2D eigenvalue weighted by Crippen LogP contribution is 2.38. The zero-order valence-electron chi connectivity index (χ0n) is 10.1. The number of rotatable bonds is 4. The van der Waals surface area contributed by atoms with Gasteiger partial charge in [-0.05, 0) is 43.2 Å². The second-order valence-electron chi connectivity index (χ2n) is 5.29. The molecule has 92 valence electrons. The first-order valence-corrected chi connectivity index (χ1v) is 6.72. The Morgan fingerprint density at radius 2 is 2.24 bits per heavy atom. The van der Waals surface area contributed by atoms with Crippen LogP contribution >= 0.6 is 0 Å². The smallest absolute Gasteiger partial charge is 0.0613 e. The molecule has 3 atom stereocenters. The summed E-state index contributed by atoms with van der Waals surface area (Å²) in [5.41, 5.74) is 2.76. The van der Waals surface area contributed by atoms with Gasteiger partial charge in [0.25, 0.3) is 0 Å². The van der Waals surface area contributed by atoms with Crippen LogP contribution in [0, 0.1) is 0 Å². The highest BCUT2D eigenvalue weighted by Gasteiger charge is 2.31. The fraction of sp³-hybridized carbons (Fsp3) is 0.600. The van der Waals surface area contributed by atoms with E-state index < -0.39 is 0 Å². The van der Waals surface area contributed by atoms with E-state index in [0.29, 0.717) is 12.0 Å². The second kappa shape index (κ2) is 4.79. The summed E-state index contributed by atoms with van der Waals surface area (Å²) >= 11 is 0. The molecule has 2 heteroatoms. The normalized spacial score (nSPS) is 28.5. The number of ether oxygens (including phenoxy) is 1. The molecular formula is C15H20O2. The van der Waals surface area contributed by atoms with Crippen LogP contribution in [-0.2, 0) is 11.2 Å². The number of aliphatic hydroxyl groups is 1. The predicted octanol–water partition coefficient (Wildman–Crippen LogP) is 2.65. The van der Waals surface area contributed by atoms with Crippen molar-refractivity contribution in [1.82, 2.24) is 0 Å². The van der Waals surface area contributed by atoms with E-state index >= 15 is 0 Å². The van der Waals surface area contributed by atoms with E-state index in [1.807, 2.05) is 0 Å². The molecule has 0 saturated carbocycles. The Morgan fingerprint density at radius 3 is 3.00 bits per heavy atom. The maximum absolute atomic E-state index is 10.2. The zero-order chi connectivity index (χ0) is 11.7. The summed E-state index contributed by atoms with van der Waals surface area (Å²) in [5, 5.41) is 10.2. The Balaban J connectivity index is 1.52. The van der Waals surface area contributed by atoms with Gasteiger partial charge in [-0.1, -0.05) is 24.3 Å². The van der Waals surface area contributed by atoms with Gasteiger partial charge in [0.05, 0.1) is 12.2 Å². The molecule has 3 unspecified atom stereocenters. The molecule has 2 aliphatic rings. The van der Waals surface area contributed by atoms with E-state index in [9.17, 15) is 5.11 Å². The number of aliphatic hydroxyl groups excluding tert-OH is 1. The molecule has 1 aromatic rings. The van der Waals surface area contributed by atoms with Crippen LogP contribution in [-0.4, -0.2) is 23.9 Å². The van der Waals surface area contributed by atoms with Gasteiger partial charge in [-0.15, -0.1) is 0 Å². The first-order chi connectivity index (χ1) is 8.34. The van der Waals surface area contributed by atoms with Gasteiger partial charge in [-0.25, -0.2) is 0 Å². The lowest BCUT2D eigenvalue weighted by Crippen LogP contribution is -2.29. The minimum atomic E-state index is -0.186. The molecule has 1 aliphatic carbocycles. The van der Waals surface area contributed by atoms with Crippen molar-refractivity contribution in [3.8, 4) is 0 Å². The van der Waals surface area contributed by atoms with Crippen molar-refractivity contribution in [2.75, 3.05) is 6.61 Å². The third-order valence-electron chi connectivity index (χ3n) is 4.17. The highest BCUT2D eigenvalue weighted by atomic mass is 16.5. The molecule has 1 N–H and O–H groups in total. The molecule has 1 aromatic carbocycles. The van der Waals surface area contributed by atoms with Gasteiger partial charge in [0.1, 0.15) is 0 Å². The molecule has 0 amide bonds. The molecule has 0 bridgehead atoms. The number of benzene rings is 1. The van der Waals surface area contributed by atoms with E-state index in [1.165, 1.54) is 24.0 Å². The maximum Gasteiger partial charge on any atom is 0.0613 e. The fourth-order valence-corrected chi connectivity index (χ4v) is 3.07. The Bertz CT molecular complexity index is 382. The van der Waals surface area contributed by atoms with Crippen molar-refractivity contribution in [1.29, 1.82) is 0 Å². The van der Waals surface area contributed by atoms with Crippen LogP contribution in [0.25, 0.3) is 0 Å². The average molecular weight is 232 g/mol. The monoisotopic (exact) mass is 232 g/mol. The number of fused-ring (bicyclic) bond motifs is 1. The molecule has 1 saturated heterocycles. The van der Waals surface area contributed by atoms with E-state index in [-0.39, 0.29) is 6.10 Å². The summed E-state index contributed by atoms with van der Waals surface area (Å²) in [6, 6.07) is 8.46. The van der Waals surface area contributed by atoms with E-state index in [4.69, 9.17) is 4.74 Å². The summed E-state index contributed by atoms with van der Waals surface area (Å²) in [7, 11) is 0. The van der Waals surface area contributed by atoms with Crippen LogP contribution in [0.3, 0.4) is 0 Å². The van der Waals surface area contributed by atoms with Gasteiger partial charge in [0.2, 0.25) is 0 Å². The molecular weight excluding hydrogens is 212 g/mol. The van der Waals surface area contributed by atoms with Crippen molar-refractivity contribution in [2.24, 2.45) is 0 Å². The minimum absolute atomic E-state index is 0.186. The van der Waals surface area contributed by atoms with Gasteiger partial charge in [0.15, 0.2) is 0 Å². The van der Waals surface area contributed by atoms with E-state index in [1.54, 1.807) is 0 Å². The molecule has 1 aliphatic heterocycles. The van der Waals surface area contributed by atoms with Gasteiger partial charge < -0.3 is 9.84 Å². The SMILES string of the molecule is OC(CCC1CCCO1)C1Cc2ccccc21. The van der Waals surface area contributed by atoms with Crippen molar-refractivity contribution in [2.45, 2.75) is 50.2 Å². The number of hydrogen-bond acceptors (Lipinski definition) is 2. The summed E-state index contributed by atoms with van der Waals surface area (Å²) in [5.74, 6) is 0.368. The zero-order valence-corrected chi connectivity index (χ0v) is 10.1. The molecule has 0 spiro atoms. The minimum Gasteiger partial charge on any atom is -0.392 e. The number of hydrogen-bond donors (Lipinski definition) is 1. The van der Waals surface area contributed by atoms with Crippen LogP contribution in [0.5, 0.6) is 0 Å². The molecule has 1 fully saturated rings. The quantitative estimate of drug-likeness (QED) is 0.864. The predicted molar refractivity (Wildman–Crippen MR) is 67.1 cm³/mol. The third-order valence-corrected chi connectivity index (χ3v) is 4.17. The fourth-order valence-electron chi connectivity index (χ4n) is 3.07. The lowest BCUT2D eigenvalue weighted by molar-refractivity contribution is 0.0697. The van der Waals surface area contributed by atoms with E-state index in [0.717, 1.165) is 25.9 Å². The summed E-state index contributed by atoms with van der Waals surface area (Å²) in [4.78, 5) is 0. The topological polar surface area (TPSA) is 29.5 Å². The average Bonchev–Trinajstić information content (AvgIpc) is 2.81. The van der Waals surface area contributed by atoms with Gasteiger partial charge >= 0.3 is 0 Å². The Kier molecular flexibility index (Phi) is 3.17. The lowest BCUT2D eigenvalue weighted by Gasteiger charge is -2.34. The van der Waals surface area contributed by atoms with Crippen LogP contribution in [0.2, 0.25) is 0 Å². The molecule has 0 radical (unpaired) electrons. The van der Waals surface area contributed by atoms with Crippen LogP contribution in [0.1, 0.15) is 42.7 Å². The second-order valence-corrected chi connectivity index (χ2v) is 5.29. The van der Waals surface area contributed by atoms with Crippen molar-refractivity contribution in [3.63, 3.8) is 0 Å². The Labute approximate surface area is 103 Å². The van der Waals surface area contributed by atoms with Gasteiger partial charge in [0, 0.05) is 12.5 Å². The maximum atomic E-state index is 10.2. The largest absolute Gasteiger partial charge is 0.392 e. The standard InChI is InChI=1S/C15H20O2/c16-15(8-7-12-5-3-9-17-12)14-10-11-4-1-2-6-13(11)14/h1-2,4,6,12,14-16H,3,5,7-10H2. The molecule has 1 heterocycles. The van der Waals surface area contributed by atoms with Gasteiger partial charge in [-0.2, -0.15) is 0 Å². The van der Waals surface area contributed by atoms with E-state index in [2.05, 4.69) is 24.3 Å². The van der Waals surface area contributed by atoms with Crippen molar-refractivity contribution < 1.29 is 9.84 Å². The van der Waals surface area contributed by atoms with Crippen LogP contribution in [0.4, 0.5) is 0 Å². The van der Waals surface area contributed by atoms with Crippen LogP contribution in [0.15, 0.2) is 24.3 Å². The van der Waals surface area contributed by atoms with Crippen LogP contribution < -0.4 is 0 Å². The highest BCUT2D eigenvalue weighted by molar-refractivity contribution is 5.40. The summed E-state index contributed by atoms with van der Waals surface area (Å²) in [6.07, 6.45) is 5.52. The van der Waals surface area contributed by atoms with Gasteiger partial charge in [-0.3, -0.25) is 0 Å². The molecule has 0 aromatic heterocycles. The molecule has 2 nitrogen and oxygen atoms in total. The third kappa shape index (κ3) is 2.24. The van der Waals surface area contributed by atoms with Crippen molar-refractivity contribution in [3.05, 3.63) is 35.4 Å². The first-order valence-electron chi connectivity index (χ1n) is 6.72. The Morgan fingerprint density at radius 1 is 1.35 bits per heavy atom.